The number of nitrogens with zero attached hydrogens (tertiary/aromatic N) is 1. The molecule has 0 aliphatic carbocycles. The second-order valence-electron chi connectivity index (χ2n) is 7.19. The molecule has 0 bridgehead atoms. The van der Waals surface area contributed by atoms with Crippen LogP contribution in [0, 0.1) is 5.92 Å². The van der Waals surface area contributed by atoms with E-state index in [2.05, 4.69) is 10.6 Å². The molecule has 3 amide bonds. The number of carbonyl (C=O) groups excluding carboxylic acids is 3. The number of carbonyl (C=O) groups is 5. The average molecular weight is 400 g/mol. The molecule has 0 spiro atoms. The number of carboxylic acid groups (broad SMARTS) is 2. The summed E-state index contributed by atoms with van der Waals surface area (Å²) in [5.74, 6) is -4.75. The van der Waals surface area contributed by atoms with Crippen molar-refractivity contribution in [1.82, 2.24) is 15.5 Å². The van der Waals surface area contributed by atoms with E-state index >= 15 is 0 Å². The minimum absolute atomic E-state index is 0.195. The van der Waals surface area contributed by atoms with Gasteiger partial charge in [0.25, 0.3) is 0 Å². The van der Waals surface area contributed by atoms with Crippen molar-refractivity contribution >= 4 is 29.7 Å². The summed E-state index contributed by atoms with van der Waals surface area (Å²) in [5.41, 5.74) is 5.75. The van der Waals surface area contributed by atoms with Crippen molar-refractivity contribution in [2.75, 3.05) is 6.54 Å². The van der Waals surface area contributed by atoms with Crippen molar-refractivity contribution in [3.05, 3.63) is 0 Å². The van der Waals surface area contributed by atoms with Gasteiger partial charge in [-0.15, -0.1) is 0 Å². The first-order valence-corrected chi connectivity index (χ1v) is 9.07. The van der Waals surface area contributed by atoms with E-state index in [0.29, 0.717) is 12.8 Å². The minimum atomic E-state index is -1.37. The summed E-state index contributed by atoms with van der Waals surface area (Å²) in [6.45, 7) is 4.91. The maximum Gasteiger partial charge on any atom is 0.325 e. The maximum absolute atomic E-state index is 12.9. The number of amides is 3. The van der Waals surface area contributed by atoms with E-state index in [0.717, 1.165) is 0 Å². The van der Waals surface area contributed by atoms with Gasteiger partial charge in [0.15, 0.2) is 0 Å². The number of carboxylic acids is 2. The monoisotopic (exact) mass is 400 g/mol. The molecule has 0 saturated carbocycles. The molecule has 28 heavy (non-hydrogen) atoms. The molecule has 11 nitrogen and oxygen atoms in total. The summed E-state index contributed by atoms with van der Waals surface area (Å²) in [4.78, 5) is 60.6. The summed E-state index contributed by atoms with van der Waals surface area (Å²) in [5, 5.41) is 22.7. The van der Waals surface area contributed by atoms with Gasteiger partial charge in [-0.1, -0.05) is 13.8 Å². The Labute approximate surface area is 162 Å². The Kier molecular flexibility index (Phi) is 8.35. The van der Waals surface area contributed by atoms with Gasteiger partial charge in [0.05, 0.1) is 12.5 Å². The molecule has 11 heteroatoms. The summed E-state index contributed by atoms with van der Waals surface area (Å²) >= 11 is 0. The molecule has 1 rings (SSSR count). The zero-order chi connectivity index (χ0) is 21.6. The fourth-order valence-electron chi connectivity index (χ4n) is 2.82. The lowest BCUT2D eigenvalue weighted by Crippen LogP contribution is -2.57. The Balaban J connectivity index is 2.93. The van der Waals surface area contributed by atoms with Crippen LogP contribution < -0.4 is 16.4 Å². The first-order valence-electron chi connectivity index (χ1n) is 9.07. The first kappa shape index (κ1) is 23.3. The highest BCUT2D eigenvalue weighted by Gasteiger charge is 2.39. The molecule has 0 aromatic rings. The Morgan fingerprint density at radius 2 is 1.71 bits per heavy atom. The molecule has 1 aliphatic heterocycles. The smallest absolute Gasteiger partial charge is 0.325 e. The number of nitrogens with two attached hydrogens (primary N) is 1. The molecule has 6 N–H and O–H groups in total. The van der Waals surface area contributed by atoms with Crippen LogP contribution >= 0.6 is 0 Å². The largest absolute Gasteiger partial charge is 0.481 e. The quantitative estimate of drug-likeness (QED) is 0.310. The van der Waals surface area contributed by atoms with Crippen molar-refractivity contribution in [3.63, 3.8) is 0 Å². The third-order valence-electron chi connectivity index (χ3n) is 4.58. The van der Waals surface area contributed by atoms with Gasteiger partial charge in [0.2, 0.25) is 17.7 Å². The highest BCUT2D eigenvalue weighted by Crippen LogP contribution is 2.19. The number of hydrogen-bond acceptors (Lipinski definition) is 6. The maximum atomic E-state index is 12.9. The standard InChI is InChI=1S/C17H28N4O7/c1-8(2)13(18)15(25)20-10(7-12(22)23)16(26)21-6-4-5-11(21)14(24)19-9(3)17(27)28/h8-11,13H,4-7,18H2,1-3H3,(H,19,24)(H,20,25)(H,22,23)(H,27,28). The summed E-state index contributed by atoms with van der Waals surface area (Å²) in [6, 6.07) is -4.36. The molecule has 1 fully saturated rings. The van der Waals surface area contributed by atoms with E-state index < -0.39 is 60.2 Å². The molecule has 158 valence electrons. The molecule has 4 atom stereocenters. The van der Waals surface area contributed by atoms with Crippen LogP contribution in [0.15, 0.2) is 0 Å². The summed E-state index contributed by atoms with van der Waals surface area (Å²) in [6.07, 6.45) is 0.138. The van der Waals surface area contributed by atoms with Gasteiger partial charge in [-0.3, -0.25) is 24.0 Å². The number of aliphatic carboxylic acids is 2. The fraction of sp³-hybridized carbons (Fsp3) is 0.706. The second kappa shape index (κ2) is 10.0. The summed E-state index contributed by atoms with van der Waals surface area (Å²) in [7, 11) is 0. The normalized spacial score (nSPS) is 19.6. The van der Waals surface area contributed by atoms with E-state index in [1.807, 2.05) is 0 Å². The van der Waals surface area contributed by atoms with Gasteiger partial charge < -0.3 is 31.5 Å². The second-order valence-corrected chi connectivity index (χ2v) is 7.19. The topological polar surface area (TPSA) is 179 Å². The van der Waals surface area contributed by atoms with E-state index in [1.165, 1.54) is 11.8 Å². The Morgan fingerprint density at radius 1 is 1.11 bits per heavy atom. The predicted octanol–water partition coefficient (Wildman–Crippen LogP) is -1.49. The molecule has 1 aliphatic rings. The van der Waals surface area contributed by atoms with E-state index in [1.54, 1.807) is 13.8 Å². The van der Waals surface area contributed by atoms with Gasteiger partial charge in [-0.25, -0.2) is 0 Å². The van der Waals surface area contributed by atoms with Crippen LogP contribution in [0.5, 0.6) is 0 Å². The van der Waals surface area contributed by atoms with Crippen molar-refractivity contribution in [2.45, 2.75) is 64.2 Å². The number of likely N-dealkylation sites (tertiary alicyclic amines) is 1. The van der Waals surface area contributed by atoms with Gasteiger partial charge in [0.1, 0.15) is 18.1 Å². The van der Waals surface area contributed by atoms with Gasteiger partial charge in [-0.2, -0.15) is 0 Å². The molecule has 0 aromatic heterocycles. The fourth-order valence-corrected chi connectivity index (χ4v) is 2.82. The van der Waals surface area contributed by atoms with Gasteiger partial charge in [-0.05, 0) is 25.7 Å². The Morgan fingerprint density at radius 3 is 2.21 bits per heavy atom. The molecule has 0 radical (unpaired) electrons. The zero-order valence-corrected chi connectivity index (χ0v) is 16.2. The molecule has 0 aromatic carbocycles. The molecule has 1 saturated heterocycles. The van der Waals surface area contributed by atoms with Crippen LogP contribution in [0.25, 0.3) is 0 Å². The lowest BCUT2D eigenvalue weighted by Gasteiger charge is -2.29. The lowest BCUT2D eigenvalue weighted by molar-refractivity contribution is -0.147. The number of nitrogens with one attached hydrogen (secondary N) is 2. The van der Waals surface area contributed by atoms with E-state index in [9.17, 15) is 24.0 Å². The molecule has 1 heterocycles. The van der Waals surface area contributed by atoms with Crippen molar-refractivity contribution in [1.29, 1.82) is 0 Å². The van der Waals surface area contributed by atoms with Crippen molar-refractivity contribution in [2.24, 2.45) is 11.7 Å². The van der Waals surface area contributed by atoms with E-state index in [-0.39, 0.29) is 12.5 Å². The van der Waals surface area contributed by atoms with Crippen molar-refractivity contribution < 1.29 is 34.2 Å². The molecular formula is C17H28N4O7. The Bertz CT molecular complexity index is 637. The molecule has 4 unspecified atom stereocenters. The number of hydrogen-bond donors (Lipinski definition) is 5. The van der Waals surface area contributed by atoms with Crippen LogP contribution in [-0.4, -0.2) is 75.5 Å². The van der Waals surface area contributed by atoms with Crippen LogP contribution in [0.4, 0.5) is 0 Å². The number of rotatable bonds is 9. The molecular weight excluding hydrogens is 372 g/mol. The van der Waals surface area contributed by atoms with Crippen LogP contribution in [0.2, 0.25) is 0 Å². The Hall–Kier alpha value is -2.69. The SMILES string of the molecule is CC(NC(=O)C1CCCN1C(=O)C(CC(=O)O)NC(=O)C(N)C(C)C)C(=O)O. The van der Waals surface area contributed by atoms with Crippen molar-refractivity contribution in [3.8, 4) is 0 Å². The van der Waals surface area contributed by atoms with Crippen LogP contribution in [0.1, 0.15) is 40.0 Å². The minimum Gasteiger partial charge on any atom is -0.481 e. The third kappa shape index (κ3) is 6.19. The van der Waals surface area contributed by atoms with Crippen LogP contribution in [-0.2, 0) is 24.0 Å². The van der Waals surface area contributed by atoms with Gasteiger partial charge >= 0.3 is 11.9 Å². The zero-order valence-electron chi connectivity index (χ0n) is 16.2. The highest BCUT2D eigenvalue weighted by atomic mass is 16.4. The van der Waals surface area contributed by atoms with Gasteiger partial charge in [0, 0.05) is 6.54 Å². The average Bonchev–Trinajstić information content (AvgIpc) is 3.08. The lowest BCUT2D eigenvalue weighted by atomic mass is 10.0. The third-order valence-corrected chi connectivity index (χ3v) is 4.58. The highest BCUT2D eigenvalue weighted by molar-refractivity contribution is 5.96. The van der Waals surface area contributed by atoms with E-state index in [4.69, 9.17) is 15.9 Å². The van der Waals surface area contributed by atoms with Crippen LogP contribution in [0.3, 0.4) is 0 Å². The first-order chi connectivity index (χ1) is 13.0. The summed E-state index contributed by atoms with van der Waals surface area (Å²) < 4.78 is 0. The predicted molar refractivity (Wildman–Crippen MR) is 97.0 cm³/mol.